The predicted molar refractivity (Wildman–Crippen MR) is 73.7 cm³/mol. The molecule has 2 bridgehead atoms. The lowest BCUT2D eigenvalue weighted by Crippen LogP contribution is -2.57. The molecule has 3 rings (SSSR count). The Bertz CT molecular complexity index is 373. The van der Waals surface area contributed by atoms with Crippen molar-refractivity contribution in [1.82, 2.24) is 4.90 Å². The van der Waals surface area contributed by atoms with E-state index in [1.165, 1.54) is 12.8 Å². The van der Waals surface area contributed by atoms with Crippen molar-refractivity contribution in [2.45, 2.75) is 76.6 Å². The summed E-state index contributed by atoms with van der Waals surface area (Å²) in [5, 5.41) is 0. The van der Waals surface area contributed by atoms with Gasteiger partial charge in [-0.1, -0.05) is 0 Å². The molecule has 1 saturated carbocycles. The van der Waals surface area contributed by atoms with Gasteiger partial charge in [0.2, 0.25) is 0 Å². The number of amides is 1. The van der Waals surface area contributed by atoms with Crippen LogP contribution >= 0.6 is 0 Å². The summed E-state index contributed by atoms with van der Waals surface area (Å²) in [6, 6.07) is 0.921. The van der Waals surface area contributed by atoms with E-state index in [0.717, 1.165) is 25.2 Å². The Morgan fingerprint density at radius 1 is 1.21 bits per heavy atom. The molecule has 0 aromatic carbocycles. The van der Waals surface area contributed by atoms with E-state index >= 15 is 0 Å². The van der Waals surface area contributed by atoms with Gasteiger partial charge in [0.1, 0.15) is 5.60 Å². The molecule has 0 radical (unpaired) electrons. The Morgan fingerprint density at radius 3 is 2.47 bits per heavy atom. The first-order valence-corrected chi connectivity index (χ1v) is 7.64. The van der Waals surface area contributed by atoms with Crippen LogP contribution in [-0.2, 0) is 4.74 Å². The Balaban J connectivity index is 1.76. The van der Waals surface area contributed by atoms with Gasteiger partial charge in [-0.2, -0.15) is 0 Å². The lowest BCUT2D eigenvalue weighted by atomic mass is 9.82. The number of piperidine rings is 1. The van der Waals surface area contributed by atoms with Gasteiger partial charge < -0.3 is 15.4 Å². The zero-order valence-corrected chi connectivity index (χ0v) is 12.3. The summed E-state index contributed by atoms with van der Waals surface area (Å²) in [6.45, 7) is 5.79. The number of hydrogen-bond acceptors (Lipinski definition) is 3. The first-order chi connectivity index (χ1) is 8.87. The van der Waals surface area contributed by atoms with Gasteiger partial charge in [0.25, 0.3) is 0 Å². The van der Waals surface area contributed by atoms with Crippen molar-refractivity contribution in [3.8, 4) is 0 Å². The van der Waals surface area contributed by atoms with Gasteiger partial charge >= 0.3 is 6.09 Å². The summed E-state index contributed by atoms with van der Waals surface area (Å²) in [7, 11) is 0. The monoisotopic (exact) mass is 266 g/mol. The zero-order valence-electron chi connectivity index (χ0n) is 12.3. The molecule has 0 aromatic heterocycles. The number of fused-ring (bicyclic) bond motifs is 2. The number of nitrogens with zero attached hydrogens (tertiary/aromatic N) is 1. The molecule has 1 amide bonds. The molecule has 2 heterocycles. The van der Waals surface area contributed by atoms with Crippen LogP contribution < -0.4 is 5.73 Å². The summed E-state index contributed by atoms with van der Waals surface area (Å²) >= 11 is 0. The van der Waals surface area contributed by atoms with Gasteiger partial charge in [0.15, 0.2) is 0 Å². The van der Waals surface area contributed by atoms with Gasteiger partial charge in [-0.25, -0.2) is 4.79 Å². The molecule has 0 spiro atoms. The second-order valence-corrected chi connectivity index (χ2v) is 7.50. The zero-order chi connectivity index (χ0) is 13.8. The normalized spacial score (nSPS) is 38.4. The minimum Gasteiger partial charge on any atom is -0.444 e. The van der Waals surface area contributed by atoms with Crippen LogP contribution in [0.25, 0.3) is 0 Å². The minimum atomic E-state index is -0.412. The van der Waals surface area contributed by atoms with Gasteiger partial charge in [-0.15, -0.1) is 0 Å². The van der Waals surface area contributed by atoms with Gasteiger partial charge in [0, 0.05) is 18.1 Å². The molecule has 108 valence electrons. The SMILES string of the molecule is CC(C)(C)OC(=O)N1C2CCC1C(C1CC1)C(N)C2. The highest BCUT2D eigenvalue weighted by Crippen LogP contribution is 2.49. The molecule has 4 atom stereocenters. The number of ether oxygens (including phenoxy) is 1. The van der Waals surface area contributed by atoms with Crippen LogP contribution in [0, 0.1) is 11.8 Å². The van der Waals surface area contributed by atoms with Crippen LogP contribution in [0.3, 0.4) is 0 Å². The topological polar surface area (TPSA) is 55.6 Å². The van der Waals surface area contributed by atoms with Crippen molar-refractivity contribution in [3.05, 3.63) is 0 Å². The van der Waals surface area contributed by atoms with Crippen LogP contribution in [0.15, 0.2) is 0 Å². The van der Waals surface area contributed by atoms with Crippen LogP contribution in [0.2, 0.25) is 0 Å². The van der Waals surface area contributed by atoms with E-state index < -0.39 is 5.60 Å². The predicted octanol–water partition coefficient (Wildman–Crippen LogP) is 2.51. The number of nitrogens with two attached hydrogens (primary N) is 1. The number of carbonyl (C=O) groups is 1. The largest absolute Gasteiger partial charge is 0.444 e. The number of carbonyl (C=O) groups excluding carboxylic acids is 1. The van der Waals surface area contributed by atoms with E-state index in [4.69, 9.17) is 10.5 Å². The Labute approximate surface area is 115 Å². The Kier molecular flexibility index (Phi) is 3.04. The fourth-order valence-corrected chi connectivity index (χ4v) is 4.02. The molecule has 4 heteroatoms. The van der Waals surface area contributed by atoms with E-state index in [0.29, 0.717) is 18.0 Å². The summed E-state index contributed by atoms with van der Waals surface area (Å²) in [4.78, 5) is 14.5. The molecule has 4 nitrogen and oxygen atoms in total. The van der Waals surface area contributed by atoms with Crippen molar-refractivity contribution < 1.29 is 9.53 Å². The third kappa shape index (κ3) is 2.47. The molecule has 1 aliphatic carbocycles. The van der Waals surface area contributed by atoms with Crippen molar-refractivity contribution in [2.75, 3.05) is 0 Å². The van der Waals surface area contributed by atoms with Crippen LogP contribution in [-0.4, -0.2) is 34.7 Å². The van der Waals surface area contributed by atoms with Gasteiger partial charge in [0.05, 0.1) is 0 Å². The molecule has 3 fully saturated rings. The van der Waals surface area contributed by atoms with E-state index in [1.807, 2.05) is 25.7 Å². The first-order valence-electron chi connectivity index (χ1n) is 7.64. The molecule has 2 aliphatic heterocycles. The molecular formula is C15H26N2O2. The smallest absolute Gasteiger partial charge is 0.410 e. The van der Waals surface area contributed by atoms with Crippen molar-refractivity contribution in [3.63, 3.8) is 0 Å². The maximum Gasteiger partial charge on any atom is 0.410 e. The van der Waals surface area contributed by atoms with Crippen LogP contribution in [0.5, 0.6) is 0 Å². The number of hydrogen-bond donors (Lipinski definition) is 1. The first kappa shape index (κ1) is 13.2. The Hall–Kier alpha value is -0.770. The maximum absolute atomic E-state index is 12.4. The second kappa shape index (κ2) is 4.37. The standard InChI is InChI=1S/C15H26N2O2/c1-15(2,3)19-14(18)17-10-6-7-12(17)13(9-4-5-9)11(16)8-10/h9-13H,4-8,16H2,1-3H3. The molecule has 19 heavy (non-hydrogen) atoms. The van der Waals surface area contributed by atoms with Gasteiger partial charge in [-0.05, 0) is 64.7 Å². The third-order valence-corrected chi connectivity index (χ3v) is 4.80. The number of rotatable bonds is 1. The van der Waals surface area contributed by atoms with Crippen molar-refractivity contribution >= 4 is 6.09 Å². The lowest BCUT2D eigenvalue weighted by molar-refractivity contribution is -0.00704. The van der Waals surface area contributed by atoms with E-state index in [2.05, 4.69) is 0 Å². The second-order valence-electron chi connectivity index (χ2n) is 7.50. The van der Waals surface area contributed by atoms with E-state index in [9.17, 15) is 4.79 Å². The average Bonchev–Trinajstić information content (AvgIpc) is 3.00. The van der Waals surface area contributed by atoms with Crippen LogP contribution in [0.1, 0.15) is 52.9 Å². The van der Waals surface area contributed by atoms with Crippen molar-refractivity contribution in [1.29, 1.82) is 0 Å². The third-order valence-electron chi connectivity index (χ3n) is 4.80. The van der Waals surface area contributed by atoms with Gasteiger partial charge in [-0.3, -0.25) is 0 Å². The van der Waals surface area contributed by atoms with Crippen LogP contribution in [0.4, 0.5) is 4.79 Å². The summed E-state index contributed by atoms with van der Waals surface area (Å²) in [5.41, 5.74) is 5.94. The molecule has 3 aliphatic rings. The molecular weight excluding hydrogens is 240 g/mol. The molecule has 2 saturated heterocycles. The Morgan fingerprint density at radius 2 is 1.89 bits per heavy atom. The fraction of sp³-hybridized carbons (Fsp3) is 0.933. The highest BCUT2D eigenvalue weighted by Gasteiger charge is 2.53. The van der Waals surface area contributed by atoms with Crippen molar-refractivity contribution in [2.24, 2.45) is 17.6 Å². The fourth-order valence-electron chi connectivity index (χ4n) is 4.02. The summed E-state index contributed by atoms with van der Waals surface area (Å²) in [6.07, 6.45) is 5.62. The molecule has 4 unspecified atom stereocenters. The summed E-state index contributed by atoms with van der Waals surface area (Å²) < 4.78 is 5.59. The van der Waals surface area contributed by atoms with E-state index in [1.54, 1.807) is 0 Å². The lowest BCUT2D eigenvalue weighted by Gasteiger charge is -2.44. The minimum absolute atomic E-state index is 0.127. The molecule has 0 aromatic rings. The summed E-state index contributed by atoms with van der Waals surface area (Å²) in [5.74, 6) is 1.26. The molecule has 2 N–H and O–H groups in total. The highest BCUT2D eigenvalue weighted by atomic mass is 16.6. The van der Waals surface area contributed by atoms with E-state index in [-0.39, 0.29) is 12.1 Å². The maximum atomic E-state index is 12.4. The highest BCUT2D eigenvalue weighted by molar-refractivity contribution is 5.69. The quantitative estimate of drug-likeness (QED) is 0.793. The average molecular weight is 266 g/mol.